The van der Waals surface area contributed by atoms with Gasteiger partial charge in [-0.05, 0) is 55.3 Å². The molecule has 2 rings (SSSR count). The normalized spacial score (nSPS) is 10.6. The van der Waals surface area contributed by atoms with Gasteiger partial charge in [-0.3, -0.25) is 4.79 Å². The van der Waals surface area contributed by atoms with Crippen molar-refractivity contribution in [3.63, 3.8) is 0 Å². The molecule has 0 atom stereocenters. The number of hydrogen-bond acceptors (Lipinski definition) is 1. The van der Waals surface area contributed by atoms with Crippen molar-refractivity contribution < 1.29 is 13.6 Å². The molecule has 0 heterocycles. The first-order chi connectivity index (χ1) is 8.90. The number of benzene rings is 2. The van der Waals surface area contributed by atoms with Crippen molar-refractivity contribution in [1.82, 2.24) is 0 Å². The Morgan fingerprint density at radius 3 is 2.16 bits per heavy atom. The van der Waals surface area contributed by atoms with Crippen molar-refractivity contribution in [2.24, 2.45) is 0 Å². The molecule has 0 saturated heterocycles. The Morgan fingerprint density at radius 2 is 1.63 bits per heavy atom. The molecule has 0 N–H and O–H groups in total. The zero-order valence-corrected chi connectivity index (χ0v) is 11.2. The Bertz CT molecular complexity index is 642. The molecule has 98 valence electrons. The van der Waals surface area contributed by atoms with E-state index in [4.69, 9.17) is 11.6 Å². The minimum atomic E-state index is -0.578. The average molecular weight is 281 g/mol. The molecule has 1 nitrogen and oxygen atoms in total. The van der Waals surface area contributed by atoms with E-state index in [-0.39, 0.29) is 22.2 Å². The van der Waals surface area contributed by atoms with E-state index in [1.807, 2.05) is 0 Å². The molecule has 0 unspecified atom stereocenters. The van der Waals surface area contributed by atoms with Gasteiger partial charge in [-0.15, -0.1) is 0 Å². The zero-order valence-electron chi connectivity index (χ0n) is 10.4. The Balaban J connectivity index is 2.53. The van der Waals surface area contributed by atoms with Crippen LogP contribution in [0.15, 0.2) is 30.3 Å². The van der Waals surface area contributed by atoms with Gasteiger partial charge in [-0.2, -0.15) is 0 Å². The quantitative estimate of drug-likeness (QED) is 0.742. The number of aryl methyl sites for hydroxylation is 2. The van der Waals surface area contributed by atoms with Gasteiger partial charge in [-0.1, -0.05) is 11.6 Å². The monoisotopic (exact) mass is 280 g/mol. The first-order valence-corrected chi connectivity index (χ1v) is 6.04. The van der Waals surface area contributed by atoms with E-state index in [1.165, 1.54) is 24.3 Å². The fourth-order valence-corrected chi connectivity index (χ4v) is 2.23. The predicted octanol–water partition coefficient (Wildman–Crippen LogP) is 4.47. The number of rotatable bonds is 2. The standard InChI is InChI=1S/C15H11ClF2O/c1-8-5-11(17)6-9(2)14(8)15(19)10-3-4-13(18)12(16)7-10/h3-7H,1-2H3. The van der Waals surface area contributed by atoms with Crippen molar-refractivity contribution in [1.29, 1.82) is 0 Å². The van der Waals surface area contributed by atoms with E-state index < -0.39 is 5.82 Å². The maximum atomic E-state index is 13.2. The number of carbonyl (C=O) groups is 1. The molecule has 2 aromatic carbocycles. The molecular weight excluding hydrogens is 270 g/mol. The second-order valence-electron chi connectivity index (χ2n) is 4.37. The highest BCUT2D eigenvalue weighted by molar-refractivity contribution is 6.31. The lowest BCUT2D eigenvalue weighted by Gasteiger charge is -2.09. The van der Waals surface area contributed by atoms with Crippen LogP contribution >= 0.6 is 11.6 Å². The Hall–Kier alpha value is -1.74. The summed E-state index contributed by atoms with van der Waals surface area (Å²) in [7, 11) is 0. The van der Waals surface area contributed by atoms with Crippen LogP contribution in [-0.4, -0.2) is 5.78 Å². The van der Waals surface area contributed by atoms with Crippen LogP contribution in [0.5, 0.6) is 0 Å². The van der Waals surface area contributed by atoms with Crippen LogP contribution in [0.1, 0.15) is 27.0 Å². The smallest absolute Gasteiger partial charge is 0.193 e. The van der Waals surface area contributed by atoms with Crippen molar-refractivity contribution in [3.05, 3.63) is 69.2 Å². The number of carbonyl (C=O) groups excluding carboxylic acids is 1. The first kappa shape index (κ1) is 13.7. The second kappa shape index (κ2) is 5.10. The lowest BCUT2D eigenvalue weighted by Crippen LogP contribution is -2.07. The summed E-state index contributed by atoms with van der Waals surface area (Å²) in [5.41, 5.74) is 1.79. The molecule has 4 heteroatoms. The maximum absolute atomic E-state index is 13.2. The average Bonchev–Trinajstić information content (AvgIpc) is 2.31. The van der Waals surface area contributed by atoms with Gasteiger partial charge in [0.1, 0.15) is 11.6 Å². The van der Waals surface area contributed by atoms with E-state index in [0.29, 0.717) is 16.7 Å². The van der Waals surface area contributed by atoms with Crippen LogP contribution in [0.25, 0.3) is 0 Å². The van der Waals surface area contributed by atoms with Crippen molar-refractivity contribution in [3.8, 4) is 0 Å². The van der Waals surface area contributed by atoms with Crippen molar-refractivity contribution in [2.45, 2.75) is 13.8 Å². The van der Waals surface area contributed by atoms with Crippen LogP contribution < -0.4 is 0 Å². The van der Waals surface area contributed by atoms with E-state index >= 15 is 0 Å². The third kappa shape index (κ3) is 2.66. The van der Waals surface area contributed by atoms with Gasteiger partial charge in [0.25, 0.3) is 0 Å². The van der Waals surface area contributed by atoms with Crippen LogP contribution in [0, 0.1) is 25.5 Å². The predicted molar refractivity (Wildman–Crippen MR) is 70.7 cm³/mol. The minimum Gasteiger partial charge on any atom is -0.289 e. The SMILES string of the molecule is Cc1cc(F)cc(C)c1C(=O)c1ccc(F)c(Cl)c1. The topological polar surface area (TPSA) is 17.1 Å². The first-order valence-electron chi connectivity index (χ1n) is 5.66. The molecule has 0 saturated carbocycles. The number of hydrogen-bond donors (Lipinski definition) is 0. The van der Waals surface area contributed by atoms with Crippen molar-refractivity contribution >= 4 is 17.4 Å². The minimum absolute atomic E-state index is 0.108. The summed E-state index contributed by atoms with van der Waals surface area (Å²) >= 11 is 5.66. The van der Waals surface area contributed by atoms with Gasteiger partial charge < -0.3 is 0 Å². The van der Waals surface area contributed by atoms with Crippen LogP contribution in [-0.2, 0) is 0 Å². The summed E-state index contributed by atoms with van der Waals surface area (Å²) in [6.45, 7) is 3.32. The van der Waals surface area contributed by atoms with Gasteiger partial charge in [0.05, 0.1) is 5.02 Å². The highest BCUT2D eigenvalue weighted by Crippen LogP contribution is 2.22. The highest BCUT2D eigenvalue weighted by Gasteiger charge is 2.16. The summed E-state index contributed by atoms with van der Waals surface area (Å²) < 4.78 is 26.3. The number of halogens is 3. The largest absolute Gasteiger partial charge is 0.289 e. The van der Waals surface area contributed by atoms with Crippen LogP contribution in [0.3, 0.4) is 0 Å². The Labute approximate surface area is 114 Å². The molecule has 0 bridgehead atoms. The summed E-state index contributed by atoms with van der Waals surface area (Å²) in [6.07, 6.45) is 0. The zero-order chi connectivity index (χ0) is 14.2. The molecule has 0 aliphatic rings. The van der Waals surface area contributed by atoms with Crippen molar-refractivity contribution in [2.75, 3.05) is 0 Å². The molecule has 0 fully saturated rings. The fourth-order valence-electron chi connectivity index (χ4n) is 2.05. The van der Waals surface area contributed by atoms with E-state index in [2.05, 4.69) is 0 Å². The van der Waals surface area contributed by atoms with E-state index in [0.717, 1.165) is 6.07 Å². The Kier molecular flexibility index (Phi) is 3.67. The molecule has 0 spiro atoms. The summed E-state index contributed by atoms with van der Waals surface area (Å²) in [5.74, 6) is -1.26. The van der Waals surface area contributed by atoms with Gasteiger partial charge >= 0.3 is 0 Å². The number of ketones is 1. The molecule has 2 aromatic rings. The van der Waals surface area contributed by atoms with E-state index in [9.17, 15) is 13.6 Å². The molecule has 0 aromatic heterocycles. The Morgan fingerprint density at radius 1 is 1.05 bits per heavy atom. The molecule has 0 amide bonds. The summed E-state index contributed by atoms with van der Waals surface area (Å²) in [5, 5.41) is -0.108. The molecule has 0 aliphatic heterocycles. The third-order valence-corrected chi connectivity index (χ3v) is 3.20. The van der Waals surface area contributed by atoms with Crippen LogP contribution in [0.4, 0.5) is 8.78 Å². The highest BCUT2D eigenvalue weighted by atomic mass is 35.5. The molecular formula is C15H11ClF2O. The fraction of sp³-hybridized carbons (Fsp3) is 0.133. The summed E-state index contributed by atoms with van der Waals surface area (Å²) in [6, 6.07) is 6.38. The second-order valence-corrected chi connectivity index (χ2v) is 4.78. The van der Waals surface area contributed by atoms with E-state index in [1.54, 1.807) is 13.8 Å². The van der Waals surface area contributed by atoms with Gasteiger partial charge in [-0.25, -0.2) is 8.78 Å². The van der Waals surface area contributed by atoms with Crippen LogP contribution in [0.2, 0.25) is 5.02 Å². The molecule has 19 heavy (non-hydrogen) atoms. The van der Waals surface area contributed by atoms with Gasteiger partial charge in [0.15, 0.2) is 5.78 Å². The summed E-state index contributed by atoms with van der Waals surface area (Å²) in [4.78, 5) is 12.4. The third-order valence-electron chi connectivity index (χ3n) is 2.91. The van der Waals surface area contributed by atoms with Gasteiger partial charge in [0, 0.05) is 11.1 Å². The lowest BCUT2D eigenvalue weighted by atomic mass is 9.95. The molecule has 0 aliphatic carbocycles. The molecule has 0 radical (unpaired) electrons. The maximum Gasteiger partial charge on any atom is 0.193 e. The lowest BCUT2D eigenvalue weighted by molar-refractivity contribution is 0.103. The van der Waals surface area contributed by atoms with Gasteiger partial charge in [0.2, 0.25) is 0 Å².